The van der Waals surface area contributed by atoms with Crippen molar-refractivity contribution < 1.29 is 19.1 Å². The molecule has 180 valence electrons. The number of carbonyl (C=O) groups is 2. The Morgan fingerprint density at radius 1 is 1.34 bits per heavy atom. The molecule has 0 radical (unpaired) electrons. The van der Waals surface area contributed by atoms with Gasteiger partial charge in [0.2, 0.25) is 5.91 Å². The number of ketones is 1. The number of epoxide rings is 1. The predicted octanol–water partition coefficient (Wildman–Crippen LogP) is 5.73. The molecule has 1 fully saturated rings. The number of methoxy groups -OCH3 is 1. The maximum atomic E-state index is 12.7. The van der Waals surface area contributed by atoms with Crippen molar-refractivity contribution in [1.82, 2.24) is 4.90 Å². The first kappa shape index (κ1) is 26.8. The van der Waals surface area contributed by atoms with Crippen molar-refractivity contribution in [1.29, 1.82) is 0 Å². The van der Waals surface area contributed by atoms with Crippen LogP contribution in [-0.2, 0) is 19.1 Å². The zero-order valence-corrected chi connectivity index (χ0v) is 21.0. The molecule has 1 aliphatic heterocycles. The van der Waals surface area contributed by atoms with Crippen molar-refractivity contribution in [2.24, 2.45) is 0 Å². The lowest BCUT2D eigenvalue weighted by atomic mass is 9.82. The first-order valence-electron chi connectivity index (χ1n) is 12.0. The quantitative estimate of drug-likeness (QED) is 0.176. The molecule has 1 saturated heterocycles. The average Bonchev–Trinajstić information content (AvgIpc) is 3.54. The third-order valence-electron chi connectivity index (χ3n) is 6.55. The van der Waals surface area contributed by atoms with E-state index >= 15 is 0 Å². The van der Waals surface area contributed by atoms with Crippen LogP contribution in [0.3, 0.4) is 0 Å². The van der Waals surface area contributed by atoms with Crippen molar-refractivity contribution in [3.05, 3.63) is 34.9 Å². The molecular formula is C26H40ClNO4. The van der Waals surface area contributed by atoms with Crippen molar-refractivity contribution >= 4 is 23.3 Å². The number of amides is 1. The molecule has 5 nitrogen and oxygen atoms in total. The van der Waals surface area contributed by atoms with Gasteiger partial charge in [-0.2, -0.15) is 0 Å². The molecule has 0 spiro atoms. The lowest BCUT2D eigenvalue weighted by molar-refractivity contribution is -0.129. The highest BCUT2D eigenvalue weighted by Gasteiger charge is 2.65. The first-order valence-corrected chi connectivity index (χ1v) is 12.4. The first-order chi connectivity index (χ1) is 15.4. The summed E-state index contributed by atoms with van der Waals surface area (Å²) in [5, 5.41) is 0. The van der Waals surface area contributed by atoms with Gasteiger partial charge in [0.25, 0.3) is 0 Å². The third-order valence-corrected chi connectivity index (χ3v) is 6.82. The van der Waals surface area contributed by atoms with E-state index in [-0.39, 0.29) is 23.9 Å². The summed E-state index contributed by atoms with van der Waals surface area (Å²) in [4.78, 5) is 26.9. The Labute approximate surface area is 198 Å². The normalized spacial score (nSPS) is 23.8. The molecule has 3 atom stereocenters. The molecule has 6 heteroatoms. The molecule has 32 heavy (non-hydrogen) atoms. The monoisotopic (exact) mass is 465 g/mol. The zero-order valence-electron chi connectivity index (χ0n) is 20.2. The van der Waals surface area contributed by atoms with E-state index in [0.717, 1.165) is 12.8 Å². The maximum absolute atomic E-state index is 12.7. The number of nitrogens with zero attached hydrogens (tertiary/aromatic N) is 1. The second kappa shape index (κ2) is 13.3. The van der Waals surface area contributed by atoms with Gasteiger partial charge in [-0.25, -0.2) is 0 Å². The lowest BCUT2D eigenvalue weighted by Gasteiger charge is -2.24. The maximum Gasteiger partial charge on any atom is 0.222 e. The Morgan fingerprint density at radius 2 is 2.09 bits per heavy atom. The van der Waals surface area contributed by atoms with Crippen LogP contribution in [0, 0.1) is 0 Å². The summed E-state index contributed by atoms with van der Waals surface area (Å²) in [7, 11) is 3.52. The van der Waals surface area contributed by atoms with E-state index in [1.807, 2.05) is 6.08 Å². The van der Waals surface area contributed by atoms with Gasteiger partial charge in [0.05, 0.1) is 6.10 Å². The van der Waals surface area contributed by atoms with Crippen molar-refractivity contribution in [2.45, 2.75) is 95.9 Å². The van der Waals surface area contributed by atoms with Gasteiger partial charge < -0.3 is 14.4 Å². The van der Waals surface area contributed by atoms with Crippen molar-refractivity contribution in [3.8, 4) is 0 Å². The number of fused-ring (bicyclic) bond motifs is 1. The van der Waals surface area contributed by atoms with Gasteiger partial charge in [-0.05, 0) is 38.2 Å². The Morgan fingerprint density at radius 3 is 2.78 bits per heavy atom. The Balaban J connectivity index is 1.71. The molecule has 0 bridgehead atoms. The average molecular weight is 466 g/mol. The van der Waals surface area contributed by atoms with E-state index in [1.54, 1.807) is 26.0 Å². The van der Waals surface area contributed by atoms with E-state index in [4.69, 9.17) is 21.1 Å². The molecule has 1 heterocycles. The molecule has 2 rings (SSSR count). The second-order valence-corrected chi connectivity index (χ2v) is 9.20. The highest BCUT2D eigenvalue weighted by Crippen LogP contribution is 2.50. The predicted molar refractivity (Wildman–Crippen MR) is 130 cm³/mol. The van der Waals surface area contributed by atoms with Crippen LogP contribution in [0.4, 0.5) is 0 Å². The van der Waals surface area contributed by atoms with Crippen molar-refractivity contribution in [2.75, 3.05) is 20.7 Å². The van der Waals surface area contributed by atoms with Crippen LogP contribution in [-0.4, -0.2) is 55.1 Å². The number of ether oxygens (including phenoxy) is 2. The number of hydrogen-bond acceptors (Lipinski definition) is 4. The number of likely N-dealkylation sites (N-methyl/N-ethyl adjacent to an activating group) is 1. The fraction of sp³-hybridized carbons (Fsp3) is 0.692. The minimum atomic E-state index is -0.958. The van der Waals surface area contributed by atoms with Gasteiger partial charge in [0, 0.05) is 38.2 Å². The largest absolute Gasteiger partial charge is 0.381 e. The second-order valence-electron chi connectivity index (χ2n) is 8.98. The molecule has 0 aromatic rings. The lowest BCUT2D eigenvalue weighted by Crippen LogP contribution is -2.39. The smallest absolute Gasteiger partial charge is 0.222 e. The number of halogens is 1. The van der Waals surface area contributed by atoms with Crippen molar-refractivity contribution in [3.63, 3.8) is 0 Å². The molecule has 2 aliphatic rings. The van der Waals surface area contributed by atoms with E-state index in [9.17, 15) is 9.59 Å². The number of unbranched alkanes of at least 4 members (excludes halogenated alkanes) is 4. The minimum absolute atomic E-state index is 0.0222. The summed E-state index contributed by atoms with van der Waals surface area (Å²) in [5.41, 5.74) is 1.81. The van der Waals surface area contributed by atoms with Crippen LogP contribution in [0.5, 0.6) is 0 Å². The summed E-state index contributed by atoms with van der Waals surface area (Å²) in [6, 6.07) is 0. The van der Waals surface area contributed by atoms with Gasteiger partial charge in [0.15, 0.2) is 11.4 Å². The third kappa shape index (κ3) is 7.03. The van der Waals surface area contributed by atoms with Gasteiger partial charge in [-0.3, -0.25) is 9.59 Å². The summed E-state index contributed by atoms with van der Waals surface area (Å²) >= 11 is 6.05. The van der Waals surface area contributed by atoms with Gasteiger partial charge >= 0.3 is 0 Å². The Bertz CT molecular complexity index is 729. The number of Topliss-reactive ketones (excluding diaryl/α,β-unsaturated/α-hetero) is 1. The zero-order chi connectivity index (χ0) is 23.6. The van der Waals surface area contributed by atoms with E-state index in [1.165, 1.54) is 37.6 Å². The molecule has 1 unspecified atom stereocenters. The van der Waals surface area contributed by atoms with E-state index < -0.39 is 5.60 Å². The fourth-order valence-corrected chi connectivity index (χ4v) is 4.58. The van der Waals surface area contributed by atoms with Crippen LogP contribution >= 0.6 is 11.6 Å². The van der Waals surface area contributed by atoms with Gasteiger partial charge in [-0.15, -0.1) is 0 Å². The van der Waals surface area contributed by atoms with Crippen LogP contribution in [0.1, 0.15) is 78.1 Å². The van der Waals surface area contributed by atoms with Crippen LogP contribution in [0.25, 0.3) is 0 Å². The molecular weight excluding hydrogens is 426 g/mol. The summed E-state index contributed by atoms with van der Waals surface area (Å²) < 4.78 is 11.3. The topological polar surface area (TPSA) is 59.1 Å². The standard InChI is InChI=1S/C26H40ClNO4/c1-5-6-7-8-10-13-22(31-4)14-11-9-12-15-24(29)28(3)19-21(18-27)26-23(32-26)17-16-20(2)25(26)30/h9,11,16,18,22-23H,5-8,10,12-15,17,19H2,1-4H3/b11-9+,21-18-/t22-,23-,26?/m0/s1. The minimum Gasteiger partial charge on any atom is -0.381 e. The van der Waals surface area contributed by atoms with E-state index in [0.29, 0.717) is 37.0 Å². The van der Waals surface area contributed by atoms with Gasteiger partial charge in [-0.1, -0.05) is 68.9 Å². The Hall–Kier alpha value is -1.43. The molecule has 1 amide bonds. The van der Waals surface area contributed by atoms with Crippen LogP contribution in [0.15, 0.2) is 34.9 Å². The highest BCUT2D eigenvalue weighted by atomic mass is 35.5. The molecule has 0 saturated carbocycles. The van der Waals surface area contributed by atoms with Crippen LogP contribution < -0.4 is 0 Å². The number of allylic oxidation sites excluding steroid dienone is 1. The molecule has 1 aliphatic carbocycles. The van der Waals surface area contributed by atoms with Crippen LogP contribution in [0.2, 0.25) is 0 Å². The number of rotatable bonds is 15. The van der Waals surface area contributed by atoms with E-state index in [2.05, 4.69) is 19.1 Å². The fourth-order valence-electron chi connectivity index (χ4n) is 4.35. The highest BCUT2D eigenvalue weighted by molar-refractivity contribution is 6.26. The summed E-state index contributed by atoms with van der Waals surface area (Å²) in [6.45, 7) is 4.33. The number of hydrogen-bond donors (Lipinski definition) is 0. The Kier molecular flexibility index (Phi) is 11.2. The summed E-state index contributed by atoms with van der Waals surface area (Å²) in [5.74, 6) is -0.0171. The molecule has 0 aromatic heterocycles. The summed E-state index contributed by atoms with van der Waals surface area (Å²) in [6.07, 6.45) is 16.3. The van der Waals surface area contributed by atoms with Gasteiger partial charge in [0.1, 0.15) is 6.10 Å². The number of carbonyl (C=O) groups excluding carboxylic acids is 2. The SMILES string of the molecule is CCCCCCC[C@@H](C/C=C/CCC(=O)N(C)C/C(=C/Cl)C12O[C@H]1CC=C(C)C2=O)OC. The molecule has 0 aromatic carbocycles. The molecule has 0 N–H and O–H groups in total.